The molecule has 2 heterocycles. The quantitative estimate of drug-likeness (QED) is 0.178. The van der Waals surface area contributed by atoms with Crippen LogP contribution in [0.4, 0.5) is 10.1 Å². The van der Waals surface area contributed by atoms with Crippen molar-refractivity contribution in [3.8, 4) is 0 Å². The van der Waals surface area contributed by atoms with Gasteiger partial charge in [0.15, 0.2) is 0 Å². The number of fused-ring (bicyclic) bond motifs is 1. The Hall–Kier alpha value is -3.20. The van der Waals surface area contributed by atoms with Crippen molar-refractivity contribution < 1.29 is 18.7 Å². The number of benzene rings is 3. The molecule has 3 aromatic carbocycles. The van der Waals surface area contributed by atoms with E-state index in [1.807, 2.05) is 69.3 Å². The number of carbonyl (C=O) groups is 2. The minimum atomic E-state index is -0.883. The van der Waals surface area contributed by atoms with Crippen LogP contribution in [0.5, 0.6) is 0 Å². The Labute approximate surface area is 241 Å². The number of halogens is 1. The summed E-state index contributed by atoms with van der Waals surface area (Å²) in [6, 6.07) is 21.2. The summed E-state index contributed by atoms with van der Waals surface area (Å²) in [5.41, 5.74) is 3.79. The van der Waals surface area contributed by atoms with Gasteiger partial charge in [0.05, 0.1) is 26.9 Å². The van der Waals surface area contributed by atoms with E-state index >= 15 is 0 Å². The van der Waals surface area contributed by atoms with E-state index < -0.39 is 11.4 Å². The Morgan fingerprint density at radius 3 is 2.36 bits per heavy atom. The molecule has 5 rings (SSSR count). The summed E-state index contributed by atoms with van der Waals surface area (Å²) in [5.74, 6) is -1.04. The van der Waals surface area contributed by atoms with Crippen LogP contribution >= 0.6 is 35.7 Å². The predicted octanol–water partition coefficient (Wildman–Crippen LogP) is 8.02. The van der Waals surface area contributed by atoms with Crippen LogP contribution < -0.4 is 4.90 Å². The van der Waals surface area contributed by atoms with Gasteiger partial charge >= 0.3 is 5.97 Å². The van der Waals surface area contributed by atoms with Crippen molar-refractivity contribution in [1.29, 1.82) is 0 Å². The molecule has 8 heteroatoms. The first-order valence-corrected chi connectivity index (χ1v) is 14.5. The molecular weight excluding hydrogens is 550 g/mol. The summed E-state index contributed by atoms with van der Waals surface area (Å²) in [6.07, 6.45) is 0. The second-order valence-corrected chi connectivity index (χ2v) is 12.4. The first kappa shape index (κ1) is 27.4. The summed E-state index contributed by atoms with van der Waals surface area (Å²) in [5, 5.41) is 0. The lowest BCUT2D eigenvalue weighted by molar-refractivity contribution is -0.137. The van der Waals surface area contributed by atoms with Gasteiger partial charge in [0, 0.05) is 21.6 Å². The fraction of sp³-hybridized carbons (Fsp3) is 0.194. The van der Waals surface area contributed by atoms with Crippen LogP contribution in [0.2, 0.25) is 0 Å². The van der Waals surface area contributed by atoms with Gasteiger partial charge in [-0.3, -0.25) is 9.69 Å². The zero-order valence-corrected chi connectivity index (χ0v) is 24.4. The van der Waals surface area contributed by atoms with Crippen molar-refractivity contribution in [2.45, 2.75) is 33.2 Å². The number of carbonyl (C=O) groups excluding carboxylic acids is 2. The molecule has 2 aliphatic rings. The fourth-order valence-electron chi connectivity index (χ4n) is 4.68. The molecule has 0 fully saturated rings. The number of anilines is 1. The number of hydrogen-bond donors (Lipinski definition) is 0. The Balaban J connectivity index is 1.67. The molecular formula is C31H26FNO3S3. The predicted molar refractivity (Wildman–Crippen MR) is 163 cm³/mol. The Bertz CT molecular complexity index is 1560. The van der Waals surface area contributed by atoms with Crippen molar-refractivity contribution in [3.63, 3.8) is 0 Å². The van der Waals surface area contributed by atoms with Gasteiger partial charge < -0.3 is 4.74 Å². The molecule has 39 heavy (non-hydrogen) atoms. The maximum atomic E-state index is 13.8. The van der Waals surface area contributed by atoms with Crippen molar-refractivity contribution in [3.05, 3.63) is 110 Å². The highest BCUT2D eigenvalue weighted by molar-refractivity contribution is 8.32. The Kier molecular flexibility index (Phi) is 7.55. The smallest absolute Gasteiger partial charge is 0.346 e. The molecule has 0 bridgehead atoms. The van der Waals surface area contributed by atoms with E-state index in [2.05, 4.69) is 0 Å². The van der Waals surface area contributed by atoms with E-state index in [0.29, 0.717) is 21.0 Å². The van der Waals surface area contributed by atoms with Crippen LogP contribution in [-0.2, 0) is 9.53 Å². The molecule has 0 N–H and O–H groups in total. The van der Waals surface area contributed by atoms with Crippen molar-refractivity contribution in [2.24, 2.45) is 0 Å². The average molecular weight is 576 g/mol. The van der Waals surface area contributed by atoms with E-state index in [0.717, 1.165) is 31.4 Å². The molecule has 2 aliphatic heterocycles. The lowest BCUT2D eigenvalue weighted by Gasteiger charge is -2.45. The normalized spacial score (nSPS) is 18.3. The largest absolute Gasteiger partial charge is 0.462 e. The number of nitrogens with zero attached hydrogens (tertiary/aromatic N) is 1. The highest BCUT2D eigenvalue weighted by atomic mass is 32.2. The minimum absolute atomic E-state index is 0.265. The molecule has 0 atom stereocenters. The third-order valence-electron chi connectivity index (χ3n) is 6.59. The molecule has 0 saturated carbocycles. The van der Waals surface area contributed by atoms with Crippen molar-refractivity contribution >= 4 is 68.6 Å². The van der Waals surface area contributed by atoms with Gasteiger partial charge in [-0.05, 0) is 69.7 Å². The summed E-state index contributed by atoms with van der Waals surface area (Å²) >= 11 is 8.99. The zero-order chi connectivity index (χ0) is 27.9. The van der Waals surface area contributed by atoms with E-state index in [-0.39, 0.29) is 18.5 Å². The SMILES string of the molecule is CCOC(=O)C1=C(c2ccccc2)S/C(=C2\C(=S)C(C)(C)N(C(=O)c3ccc(F)cc3)c3ccc(C)cc32)S1. The Morgan fingerprint density at radius 1 is 1.00 bits per heavy atom. The van der Waals surface area contributed by atoms with Crippen LogP contribution in [0.15, 0.2) is 81.9 Å². The molecule has 0 aliphatic carbocycles. The van der Waals surface area contributed by atoms with Gasteiger partial charge in [0.2, 0.25) is 0 Å². The third kappa shape index (κ3) is 4.97. The highest BCUT2D eigenvalue weighted by Crippen LogP contribution is 2.58. The number of amides is 1. The molecule has 0 radical (unpaired) electrons. The van der Waals surface area contributed by atoms with Gasteiger partial charge in [-0.1, -0.05) is 77.7 Å². The van der Waals surface area contributed by atoms with Gasteiger partial charge in [0.1, 0.15) is 10.7 Å². The summed E-state index contributed by atoms with van der Waals surface area (Å²) in [4.78, 5) is 30.5. The van der Waals surface area contributed by atoms with Crippen molar-refractivity contribution in [2.75, 3.05) is 11.5 Å². The van der Waals surface area contributed by atoms with Crippen LogP contribution in [0.1, 0.15) is 47.8 Å². The van der Waals surface area contributed by atoms with Gasteiger partial charge in [-0.25, -0.2) is 9.18 Å². The molecule has 3 aromatic rings. The number of aryl methyl sites for hydroxylation is 1. The monoisotopic (exact) mass is 575 g/mol. The second-order valence-electron chi connectivity index (χ2n) is 9.67. The maximum absolute atomic E-state index is 13.8. The van der Waals surface area contributed by atoms with Gasteiger partial charge in [0.25, 0.3) is 5.91 Å². The highest BCUT2D eigenvalue weighted by Gasteiger charge is 2.46. The molecule has 0 spiro atoms. The zero-order valence-electron chi connectivity index (χ0n) is 21.9. The van der Waals surface area contributed by atoms with Crippen LogP contribution in [0.25, 0.3) is 10.5 Å². The van der Waals surface area contributed by atoms with Gasteiger partial charge in [-0.2, -0.15) is 0 Å². The Morgan fingerprint density at radius 2 is 1.69 bits per heavy atom. The number of ether oxygens (including phenoxy) is 1. The lowest BCUT2D eigenvalue weighted by Crippen LogP contribution is -2.56. The maximum Gasteiger partial charge on any atom is 0.346 e. The molecule has 0 unspecified atom stereocenters. The molecule has 4 nitrogen and oxygen atoms in total. The summed E-state index contributed by atoms with van der Waals surface area (Å²) in [7, 11) is 0. The van der Waals surface area contributed by atoms with E-state index in [9.17, 15) is 14.0 Å². The standard InChI is InChI=1S/C31H26FNO3S3/c1-5-36-29(35)26-25(19-9-7-6-8-10-19)38-30(39-26)24-22-17-18(2)11-16-23(22)33(31(3,4)27(24)37)28(34)20-12-14-21(32)15-13-20/h6-17H,5H2,1-4H3/b30-24+. The number of thioether (sulfide) groups is 2. The second kappa shape index (κ2) is 10.8. The number of esters is 1. The van der Waals surface area contributed by atoms with Crippen LogP contribution in [0, 0.1) is 12.7 Å². The van der Waals surface area contributed by atoms with E-state index in [4.69, 9.17) is 17.0 Å². The van der Waals surface area contributed by atoms with Crippen molar-refractivity contribution in [1.82, 2.24) is 0 Å². The molecule has 1 amide bonds. The van der Waals surface area contributed by atoms with E-state index in [1.165, 1.54) is 47.8 Å². The lowest BCUT2D eigenvalue weighted by atomic mass is 9.82. The summed E-state index contributed by atoms with van der Waals surface area (Å²) in [6.45, 7) is 7.89. The molecule has 198 valence electrons. The first-order chi connectivity index (χ1) is 18.6. The average Bonchev–Trinajstić information content (AvgIpc) is 3.36. The molecule has 0 aromatic heterocycles. The fourth-order valence-corrected chi connectivity index (χ4v) is 7.81. The van der Waals surface area contributed by atoms with Crippen LogP contribution in [-0.4, -0.2) is 28.9 Å². The summed E-state index contributed by atoms with van der Waals surface area (Å²) < 4.78 is 19.9. The van der Waals surface area contributed by atoms with Crippen LogP contribution in [0.3, 0.4) is 0 Å². The topological polar surface area (TPSA) is 46.6 Å². The third-order valence-corrected chi connectivity index (χ3v) is 9.93. The van der Waals surface area contributed by atoms with Gasteiger partial charge in [-0.15, -0.1) is 0 Å². The minimum Gasteiger partial charge on any atom is -0.462 e. The van der Waals surface area contributed by atoms with E-state index in [1.54, 1.807) is 11.8 Å². The number of thiocarbonyl (C=S) groups is 1. The molecule has 0 saturated heterocycles. The number of hydrogen-bond acceptors (Lipinski definition) is 6. The first-order valence-electron chi connectivity index (χ1n) is 12.5. The number of rotatable bonds is 4.